The van der Waals surface area contributed by atoms with Crippen LogP contribution in [0, 0.1) is 18.2 Å². The molecule has 0 bridgehead atoms. The predicted molar refractivity (Wildman–Crippen MR) is 54.8 cm³/mol. The highest BCUT2D eigenvalue weighted by Crippen LogP contribution is 2.27. The monoisotopic (exact) mass is 192 g/mol. The van der Waals surface area contributed by atoms with Gasteiger partial charge in [-0.1, -0.05) is 12.0 Å². The van der Waals surface area contributed by atoms with Crippen molar-refractivity contribution in [3.63, 3.8) is 0 Å². The van der Waals surface area contributed by atoms with Gasteiger partial charge in [0.2, 0.25) is 0 Å². The van der Waals surface area contributed by atoms with E-state index in [0.717, 1.165) is 5.56 Å². The summed E-state index contributed by atoms with van der Waals surface area (Å²) in [5.41, 5.74) is 0.472. The predicted octanol–water partition coefficient (Wildman–Crippen LogP) is 2.75. The molecular weight excluding hydrogens is 179 g/mol. The van der Waals surface area contributed by atoms with Gasteiger partial charge in [0.05, 0.1) is 12.5 Å². The van der Waals surface area contributed by atoms with Crippen molar-refractivity contribution in [2.75, 3.05) is 7.11 Å². The molecule has 0 fully saturated rings. The molecule has 0 aliphatic carbocycles. The van der Waals surface area contributed by atoms with Crippen molar-refractivity contribution in [1.29, 1.82) is 0 Å². The van der Waals surface area contributed by atoms with E-state index in [1.54, 1.807) is 12.1 Å². The maximum absolute atomic E-state index is 13.1. The summed E-state index contributed by atoms with van der Waals surface area (Å²) in [5.74, 6) is 2.51. The molecule has 0 aliphatic rings. The molecule has 1 aromatic carbocycles. The second-order valence-corrected chi connectivity index (χ2v) is 3.62. The molecule has 0 saturated carbocycles. The zero-order chi connectivity index (χ0) is 10.8. The minimum atomic E-state index is -0.402. The first-order chi connectivity index (χ1) is 6.51. The molecule has 0 aliphatic heterocycles. The smallest absolute Gasteiger partial charge is 0.165 e. The average Bonchev–Trinajstić information content (AvgIpc) is 2.18. The van der Waals surface area contributed by atoms with E-state index in [1.165, 1.54) is 13.2 Å². The van der Waals surface area contributed by atoms with Crippen LogP contribution in [0.2, 0.25) is 0 Å². The van der Waals surface area contributed by atoms with E-state index in [1.807, 2.05) is 13.8 Å². The zero-order valence-electron chi connectivity index (χ0n) is 8.60. The van der Waals surface area contributed by atoms with Crippen LogP contribution in [0.5, 0.6) is 5.75 Å². The Morgan fingerprint density at radius 2 is 2.07 bits per heavy atom. The van der Waals surface area contributed by atoms with Crippen LogP contribution >= 0.6 is 0 Å². The van der Waals surface area contributed by atoms with Gasteiger partial charge < -0.3 is 4.74 Å². The van der Waals surface area contributed by atoms with Crippen LogP contribution in [0.4, 0.5) is 4.39 Å². The summed E-state index contributed by atoms with van der Waals surface area (Å²) in [7, 11) is 1.44. The van der Waals surface area contributed by atoms with Gasteiger partial charge in [-0.15, -0.1) is 6.42 Å². The van der Waals surface area contributed by atoms with Crippen molar-refractivity contribution in [3.05, 3.63) is 29.6 Å². The van der Waals surface area contributed by atoms with Crippen LogP contribution in [0.3, 0.4) is 0 Å². The van der Waals surface area contributed by atoms with E-state index >= 15 is 0 Å². The van der Waals surface area contributed by atoms with Crippen LogP contribution in [-0.2, 0) is 5.41 Å². The summed E-state index contributed by atoms with van der Waals surface area (Å²) in [4.78, 5) is 0. The fraction of sp³-hybridized carbons (Fsp3) is 0.333. The van der Waals surface area contributed by atoms with Gasteiger partial charge in [0.1, 0.15) is 0 Å². The molecule has 0 N–H and O–H groups in total. The van der Waals surface area contributed by atoms with Crippen LogP contribution in [0.1, 0.15) is 19.4 Å². The normalized spacial score (nSPS) is 10.8. The van der Waals surface area contributed by atoms with Gasteiger partial charge in [0.15, 0.2) is 11.6 Å². The highest BCUT2D eigenvalue weighted by Gasteiger charge is 2.18. The lowest BCUT2D eigenvalue weighted by Crippen LogP contribution is -2.13. The highest BCUT2D eigenvalue weighted by molar-refractivity contribution is 5.38. The Kier molecular flexibility index (Phi) is 2.81. The maximum Gasteiger partial charge on any atom is 0.165 e. The molecule has 0 amide bonds. The SMILES string of the molecule is C#CC(C)(C)c1ccc(F)c(OC)c1. The minimum Gasteiger partial charge on any atom is -0.494 e. The fourth-order valence-electron chi connectivity index (χ4n) is 1.13. The van der Waals surface area contributed by atoms with E-state index in [4.69, 9.17) is 11.2 Å². The van der Waals surface area contributed by atoms with E-state index in [9.17, 15) is 4.39 Å². The molecule has 0 unspecified atom stereocenters. The quantitative estimate of drug-likeness (QED) is 0.655. The van der Waals surface area contributed by atoms with Gasteiger partial charge in [-0.25, -0.2) is 4.39 Å². The number of methoxy groups -OCH3 is 1. The first-order valence-corrected chi connectivity index (χ1v) is 4.33. The second kappa shape index (κ2) is 3.71. The van der Waals surface area contributed by atoms with Crippen LogP contribution in [0.15, 0.2) is 18.2 Å². The molecule has 1 aromatic rings. The summed E-state index contributed by atoms with van der Waals surface area (Å²) >= 11 is 0. The Morgan fingerprint density at radius 3 is 2.57 bits per heavy atom. The third kappa shape index (κ3) is 1.88. The summed E-state index contributed by atoms with van der Waals surface area (Å²) in [6.45, 7) is 3.80. The molecule has 2 heteroatoms. The van der Waals surface area contributed by atoms with Crippen molar-refractivity contribution in [1.82, 2.24) is 0 Å². The second-order valence-electron chi connectivity index (χ2n) is 3.62. The van der Waals surface area contributed by atoms with Crippen molar-refractivity contribution < 1.29 is 9.13 Å². The summed E-state index contributed by atoms with van der Waals surface area (Å²) < 4.78 is 18.0. The number of benzene rings is 1. The Morgan fingerprint density at radius 1 is 1.43 bits per heavy atom. The largest absolute Gasteiger partial charge is 0.494 e. The van der Waals surface area contributed by atoms with Gasteiger partial charge in [-0.2, -0.15) is 0 Å². The van der Waals surface area contributed by atoms with E-state index in [2.05, 4.69) is 5.92 Å². The molecule has 0 atom stereocenters. The van der Waals surface area contributed by atoms with Crippen molar-refractivity contribution in [2.45, 2.75) is 19.3 Å². The highest BCUT2D eigenvalue weighted by atomic mass is 19.1. The maximum atomic E-state index is 13.1. The Labute approximate surface area is 83.9 Å². The molecule has 1 rings (SSSR count). The zero-order valence-corrected chi connectivity index (χ0v) is 8.60. The summed E-state index contributed by atoms with van der Waals surface area (Å²) in [6, 6.07) is 4.68. The van der Waals surface area contributed by atoms with Crippen LogP contribution in [-0.4, -0.2) is 7.11 Å². The first-order valence-electron chi connectivity index (χ1n) is 4.33. The number of hydrogen-bond acceptors (Lipinski definition) is 1. The van der Waals surface area contributed by atoms with Gasteiger partial charge in [0, 0.05) is 0 Å². The standard InChI is InChI=1S/C12H13FO/c1-5-12(2,3)9-6-7-10(13)11(8-9)14-4/h1,6-8H,2-4H3. The van der Waals surface area contributed by atoms with Gasteiger partial charge in [-0.3, -0.25) is 0 Å². The molecule has 0 radical (unpaired) electrons. The van der Waals surface area contributed by atoms with Gasteiger partial charge in [-0.05, 0) is 31.5 Å². The molecule has 1 nitrogen and oxygen atoms in total. The third-order valence-electron chi connectivity index (χ3n) is 2.23. The number of hydrogen-bond donors (Lipinski definition) is 0. The van der Waals surface area contributed by atoms with Crippen molar-refractivity contribution >= 4 is 0 Å². The van der Waals surface area contributed by atoms with Crippen LogP contribution < -0.4 is 4.74 Å². The molecule has 14 heavy (non-hydrogen) atoms. The third-order valence-corrected chi connectivity index (χ3v) is 2.23. The molecule has 0 aromatic heterocycles. The first kappa shape index (κ1) is 10.6. The average molecular weight is 192 g/mol. The lowest BCUT2D eigenvalue weighted by Gasteiger charge is -2.18. The minimum absolute atomic E-state index is 0.228. The summed E-state index contributed by atoms with van der Waals surface area (Å²) in [6.07, 6.45) is 5.38. The van der Waals surface area contributed by atoms with E-state index in [0.29, 0.717) is 0 Å². The van der Waals surface area contributed by atoms with E-state index in [-0.39, 0.29) is 11.6 Å². The topological polar surface area (TPSA) is 9.23 Å². The molecule has 0 heterocycles. The summed E-state index contributed by atoms with van der Waals surface area (Å²) in [5, 5.41) is 0. The Balaban J connectivity index is 3.21. The number of rotatable bonds is 2. The Hall–Kier alpha value is -1.49. The lowest BCUT2D eigenvalue weighted by atomic mass is 9.85. The lowest BCUT2D eigenvalue weighted by molar-refractivity contribution is 0.385. The number of ether oxygens (including phenoxy) is 1. The fourth-order valence-corrected chi connectivity index (χ4v) is 1.13. The van der Waals surface area contributed by atoms with Crippen LogP contribution in [0.25, 0.3) is 0 Å². The molecule has 0 spiro atoms. The number of terminal acetylenes is 1. The molecule has 74 valence electrons. The van der Waals surface area contributed by atoms with Gasteiger partial charge >= 0.3 is 0 Å². The number of halogens is 1. The van der Waals surface area contributed by atoms with E-state index < -0.39 is 5.41 Å². The molecular formula is C12H13FO. The van der Waals surface area contributed by atoms with Gasteiger partial charge in [0.25, 0.3) is 0 Å². The van der Waals surface area contributed by atoms with Crippen molar-refractivity contribution in [2.24, 2.45) is 0 Å². The molecule has 0 saturated heterocycles. The Bertz CT molecular complexity index is 374. The van der Waals surface area contributed by atoms with Crippen molar-refractivity contribution in [3.8, 4) is 18.1 Å².